The number of benzene rings is 2. The van der Waals surface area contributed by atoms with Crippen LogP contribution in [0, 0.1) is 11.6 Å². The minimum Gasteiger partial charge on any atom is -0.332 e. The van der Waals surface area contributed by atoms with Gasteiger partial charge in [-0.2, -0.15) is 0 Å². The molecule has 0 saturated heterocycles. The Balaban J connectivity index is 2.05. The lowest BCUT2D eigenvalue weighted by molar-refractivity contribution is -0.116. The summed E-state index contributed by atoms with van der Waals surface area (Å²) in [6.45, 7) is -0.396. The molecule has 0 heterocycles. The summed E-state index contributed by atoms with van der Waals surface area (Å²) in [6.07, 6.45) is 0. The summed E-state index contributed by atoms with van der Waals surface area (Å²) in [4.78, 5) is 25.0. The quantitative estimate of drug-likeness (QED) is 0.882. The first-order valence-electron chi connectivity index (χ1n) is 6.74. The third-order valence-electron chi connectivity index (χ3n) is 3.11. The molecule has 24 heavy (non-hydrogen) atoms. The highest BCUT2D eigenvalue weighted by atomic mass is 35.5. The molecule has 0 radical (unpaired) electrons. The molecular formula is C16H12Cl2F2N2O2. The van der Waals surface area contributed by atoms with Crippen molar-refractivity contribution in [2.24, 2.45) is 0 Å². The third-order valence-corrected chi connectivity index (χ3v) is 3.85. The summed E-state index contributed by atoms with van der Waals surface area (Å²) in [5.74, 6) is -3.47. The molecular weight excluding hydrogens is 361 g/mol. The van der Waals surface area contributed by atoms with Crippen molar-refractivity contribution in [1.29, 1.82) is 0 Å². The number of anilines is 1. The van der Waals surface area contributed by atoms with Crippen LogP contribution in [0.2, 0.25) is 10.0 Å². The standard InChI is InChI=1S/C16H12Cl2F2N2O2/c1-22(16(24)15-12(19)3-2-4-13(15)20)8-14(23)21-9-5-6-10(17)11(18)7-9/h2-7H,8H2,1H3,(H,21,23). The highest BCUT2D eigenvalue weighted by Crippen LogP contribution is 2.25. The van der Waals surface area contributed by atoms with Gasteiger partial charge in [-0.15, -0.1) is 0 Å². The summed E-state index contributed by atoms with van der Waals surface area (Å²) in [6, 6.07) is 7.58. The number of nitrogens with one attached hydrogen (secondary N) is 1. The molecule has 4 nitrogen and oxygen atoms in total. The van der Waals surface area contributed by atoms with Crippen LogP contribution in [0.1, 0.15) is 10.4 Å². The minimum atomic E-state index is -0.989. The van der Waals surface area contributed by atoms with Crippen LogP contribution in [0.25, 0.3) is 0 Å². The molecule has 2 aromatic rings. The predicted octanol–water partition coefficient (Wildman–Crippen LogP) is 3.98. The number of carbonyl (C=O) groups is 2. The van der Waals surface area contributed by atoms with Crippen molar-refractivity contribution in [3.63, 3.8) is 0 Å². The van der Waals surface area contributed by atoms with Crippen molar-refractivity contribution in [2.45, 2.75) is 0 Å². The van der Waals surface area contributed by atoms with E-state index in [1.165, 1.54) is 25.2 Å². The molecule has 0 saturated carbocycles. The van der Waals surface area contributed by atoms with Crippen LogP contribution in [0.15, 0.2) is 36.4 Å². The van der Waals surface area contributed by atoms with Crippen LogP contribution in [0.5, 0.6) is 0 Å². The van der Waals surface area contributed by atoms with E-state index < -0.39 is 35.6 Å². The monoisotopic (exact) mass is 372 g/mol. The smallest absolute Gasteiger partial charge is 0.260 e. The van der Waals surface area contributed by atoms with Gasteiger partial charge in [-0.05, 0) is 30.3 Å². The summed E-state index contributed by atoms with van der Waals surface area (Å²) >= 11 is 11.6. The number of likely N-dealkylation sites (N-methyl/N-ethyl adjacent to an activating group) is 1. The van der Waals surface area contributed by atoms with Gasteiger partial charge in [0.15, 0.2) is 0 Å². The lowest BCUT2D eigenvalue weighted by atomic mass is 10.1. The highest BCUT2D eigenvalue weighted by Gasteiger charge is 2.22. The van der Waals surface area contributed by atoms with Crippen LogP contribution in [-0.4, -0.2) is 30.3 Å². The molecule has 2 aromatic carbocycles. The molecule has 2 amide bonds. The van der Waals surface area contributed by atoms with Crippen LogP contribution in [0.3, 0.4) is 0 Å². The molecule has 2 rings (SSSR count). The van der Waals surface area contributed by atoms with E-state index in [1.54, 1.807) is 0 Å². The molecule has 1 N–H and O–H groups in total. The normalized spacial score (nSPS) is 10.4. The third kappa shape index (κ3) is 4.21. The van der Waals surface area contributed by atoms with Gasteiger partial charge in [0.1, 0.15) is 17.2 Å². The Hall–Kier alpha value is -2.18. The zero-order chi connectivity index (χ0) is 17.9. The van der Waals surface area contributed by atoms with Crippen molar-refractivity contribution < 1.29 is 18.4 Å². The average Bonchev–Trinajstić information content (AvgIpc) is 2.50. The molecule has 0 unspecified atom stereocenters. The Labute approximate surface area is 147 Å². The number of hydrogen-bond donors (Lipinski definition) is 1. The predicted molar refractivity (Wildman–Crippen MR) is 88.4 cm³/mol. The number of halogens is 4. The highest BCUT2D eigenvalue weighted by molar-refractivity contribution is 6.42. The Morgan fingerprint density at radius 1 is 1.08 bits per heavy atom. The topological polar surface area (TPSA) is 49.4 Å². The summed E-state index contributed by atoms with van der Waals surface area (Å²) in [5, 5.41) is 3.10. The molecule has 0 aliphatic rings. The summed E-state index contributed by atoms with van der Waals surface area (Å²) in [5.41, 5.74) is -0.324. The Morgan fingerprint density at radius 3 is 2.29 bits per heavy atom. The number of hydrogen-bond acceptors (Lipinski definition) is 2. The van der Waals surface area contributed by atoms with Crippen molar-refractivity contribution in [3.8, 4) is 0 Å². The van der Waals surface area contributed by atoms with E-state index in [0.29, 0.717) is 10.7 Å². The molecule has 0 aliphatic carbocycles. The van der Waals surface area contributed by atoms with Crippen LogP contribution < -0.4 is 5.32 Å². The maximum Gasteiger partial charge on any atom is 0.260 e. The zero-order valence-corrected chi connectivity index (χ0v) is 14.0. The lowest BCUT2D eigenvalue weighted by Crippen LogP contribution is -2.35. The second-order valence-electron chi connectivity index (χ2n) is 4.93. The van der Waals surface area contributed by atoms with Crippen molar-refractivity contribution in [1.82, 2.24) is 4.90 Å². The maximum atomic E-state index is 13.6. The largest absolute Gasteiger partial charge is 0.332 e. The Bertz CT molecular complexity index is 779. The van der Waals surface area contributed by atoms with Crippen molar-refractivity contribution in [2.75, 3.05) is 18.9 Å². The van der Waals surface area contributed by atoms with Gasteiger partial charge < -0.3 is 10.2 Å². The van der Waals surface area contributed by atoms with Crippen LogP contribution >= 0.6 is 23.2 Å². The second-order valence-corrected chi connectivity index (χ2v) is 5.75. The van der Waals surface area contributed by atoms with Gasteiger partial charge in [-0.25, -0.2) is 8.78 Å². The first kappa shape index (κ1) is 18.2. The number of nitrogens with zero attached hydrogens (tertiary/aromatic N) is 1. The maximum absolute atomic E-state index is 13.6. The van der Waals surface area contributed by atoms with Gasteiger partial charge in [0.2, 0.25) is 5.91 Å². The van der Waals surface area contributed by atoms with Gasteiger partial charge in [0.05, 0.1) is 16.6 Å². The summed E-state index contributed by atoms with van der Waals surface area (Å²) in [7, 11) is 1.27. The molecule has 0 fully saturated rings. The van der Waals surface area contributed by atoms with Crippen LogP contribution in [0.4, 0.5) is 14.5 Å². The van der Waals surface area contributed by atoms with Gasteiger partial charge in [0, 0.05) is 12.7 Å². The zero-order valence-electron chi connectivity index (χ0n) is 12.4. The van der Waals surface area contributed by atoms with E-state index >= 15 is 0 Å². The number of rotatable bonds is 4. The number of carbonyl (C=O) groups excluding carboxylic acids is 2. The molecule has 0 spiro atoms. The Kier molecular flexibility index (Phi) is 5.75. The number of amides is 2. The lowest BCUT2D eigenvalue weighted by Gasteiger charge is -2.17. The fraction of sp³-hybridized carbons (Fsp3) is 0.125. The van der Waals surface area contributed by atoms with E-state index in [0.717, 1.165) is 23.1 Å². The second kappa shape index (κ2) is 7.59. The molecule has 126 valence electrons. The first-order chi connectivity index (χ1) is 11.3. The average molecular weight is 373 g/mol. The molecule has 8 heteroatoms. The molecule has 0 aliphatic heterocycles. The van der Waals surface area contributed by atoms with Gasteiger partial charge in [0.25, 0.3) is 5.91 Å². The summed E-state index contributed by atoms with van der Waals surface area (Å²) < 4.78 is 27.2. The van der Waals surface area contributed by atoms with Gasteiger partial charge >= 0.3 is 0 Å². The molecule has 0 atom stereocenters. The van der Waals surface area contributed by atoms with Gasteiger partial charge in [-0.1, -0.05) is 29.3 Å². The van der Waals surface area contributed by atoms with Crippen molar-refractivity contribution >= 4 is 40.7 Å². The fourth-order valence-corrected chi connectivity index (χ4v) is 2.25. The van der Waals surface area contributed by atoms with E-state index in [2.05, 4.69) is 5.32 Å². The van der Waals surface area contributed by atoms with Gasteiger partial charge in [-0.3, -0.25) is 9.59 Å². The van der Waals surface area contributed by atoms with Crippen molar-refractivity contribution in [3.05, 3.63) is 63.6 Å². The molecule has 0 aromatic heterocycles. The van der Waals surface area contributed by atoms with E-state index in [9.17, 15) is 18.4 Å². The first-order valence-corrected chi connectivity index (χ1v) is 7.49. The minimum absolute atomic E-state index is 0.257. The fourth-order valence-electron chi connectivity index (χ4n) is 1.95. The van der Waals surface area contributed by atoms with E-state index in [-0.39, 0.29) is 5.02 Å². The van der Waals surface area contributed by atoms with Crippen LogP contribution in [-0.2, 0) is 4.79 Å². The Morgan fingerprint density at radius 2 is 1.71 bits per heavy atom. The van der Waals surface area contributed by atoms with E-state index in [1.807, 2.05) is 0 Å². The SMILES string of the molecule is CN(CC(=O)Nc1ccc(Cl)c(Cl)c1)C(=O)c1c(F)cccc1F. The molecule has 0 bridgehead atoms. The van der Waals surface area contributed by atoms with E-state index in [4.69, 9.17) is 23.2 Å².